The van der Waals surface area contributed by atoms with Gasteiger partial charge in [0.05, 0.1) is 23.7 Å². The summed E-state index contributed by atoms with van der Waals surface area (Å²) in [5, 5.41) is 11.4. The Hall–Kier alpha value is -3.56. The SMILES string of the molecule is CC(C)(C)C1CCC(N2C(=Nc3ccc(C(F)(F)F)cc3)OCC2c2ccc(C(=O)NCCC(=O)O)cc2)CC1. The molecule has 1 heterocycles. The maximum absolute atomic E-state index is 13.0. The Morgan fingerprint density at radius 1 is 1.00 bits per heavy atom. The Labute approximate surface area is 232 Å². The summed E-state index contributed by atoms with van der Waals surface area (Å²) in [7, 11) is 0. The number of nitrogens with one attached hydrogen (secondary N) is 1. The fourth-order valence-corrected chi connectivity index (χ4v) is 5.50. The molecule has 0 bridgehead atoms. The lowest BCUT2D eigenvalue weighted by Gasteiger charge is -2.41. The van der Waals surface area contributed by atoms with E-state index in [0.717, 1.165) is 43.4 Å². The van der Waals surface area contributed by atoms with E-state index in [9.17, 15) is 22.8 Å². The first kappa shape index (κ1) is 29.4. The normalized spacial score (nSPS) is 22.7. The fourth-order valence-electron chi connectivity index (χ4n) is 5.50. The van der Waals surface area contributed by atoms with Gasteiger partial charge in [0.1, 0.15) is 6.61 Å². The van der Waals surface area contributed by atoms with Crippen LogP contribution in [0.15, 0.2) is 53.5 Å². The van der Waals surface area contributed by atoms with Crippen molar-refractivity contribution >= 4 is 23.6 Å². The molecule has 40 heavy (non-hydrogen) atoms. The molecule has 2 aromatic rings. The summed E-state index contributed by atoms with van der Waals surface area (Å²) in [5.41, 5.74) is 1.21. The zero-order valence-electron chi connectivity index (χ0n) is 23.0. The van der Waals surface area contributed by atoms with Crippen molar-refractivity contribution in [2.45, 2.75) is 71.1 Å². The molecular weight excluding hydrogens is 523 g/mol. The second kappa shape index (κ2) is 11.9. The maximum atomic E-state index is 13.0. The van der Waals surface area contributed by atoms with E-state index in [2.05, 4.69) is 36.0 Å². The number of rotatable bonds is 7. The molecule has 0 spiro atoms. The predicted molar refractivity (Wildman–Crippen MR) is 145 cm³/mol. The quantitative estimate of drug-likeness (QED) is 0.400. The lowest BCUT2D eigenvalue weighted by atomic mass is 9.71. The van der Waals surface area contributed by atoms with Gasteiger partial charge in [0.25, 0.3) is 11.9 Å². The zero-order valence-corrected chi connectivity index (χ0v) is 23.0. The highest BCUT2D eigenvalue weighted by Crippen LogP contribution is 2.42. The van der Waals surface area contributed by atoms with Gasteiger partial charge in [-0.15, -0.1) is 0 Å². The average Bonchev–Trinajstić information content (AvgIpc) is 3.31. The fraction of sp³-hybridized carbons (Fsp3) is 0.500. The largest absolute Gasteiger partial charge is 0.481 e. The Morgan fingerprint density at radius 3 is 2.17 bits per heavy atom. The number of carboxylic acid groups (broad SMARTS) is 1. The molecule has 0 aromatic heterocycles. The van der Waals surface area contributed by atoms with Gasteiger partial charge in [0.2, 0.25) is 0 Å². The first-order chi connectivity index (χ1) is 18.8. The molecule has 2 aliphatic rings. The number of halogens is 3. The molecule has 2 N–H and O–H groups in total. The molecule has 1 aliphatic heterocycles. The number of nitrogens with zero attached hydrogens (tertiary/aromatic N) is 2. The molecule has 1 unspecified atom stereocenters. The van der Waals surface area contributed by atoms with Gasteiger partial charge in [-0.3, -0.25) is 9.59 Å². The highest BCUT2D eigenvalue weighted by molar-refractivity contribution is 5.94. The second-order valence-electron chi connectivity index (χ2n) is 11.6. The third kappa shape index (κ3) is 7.14. The van der Waals surface area contributed by atoms with E-state index >= 15 is 0 Å². The number of amidine groups is 1. The molecule has 2 fully saturated rings. The standard InChI is InChI=1S/C30H36F3N3O4/c1-29(2,3)21-10-14-24(15-11-21)36-25(19-4-6-20(7-5-19)27(39)34-17-16-26(37)38)18-40-28(36)35-23-12-8-22(9-13-23)30(31,32)33/h4-9,12-13,21,24-25H,10-11,14-18H2,1-3H3,(H,34,39)(H,37,38). The highest BCUT2D eigenvalue weighted by atomic mass is 19.4. The van der Waals surface area contributed by atoms with Crippen molar-refractivity contribution in [3.63, 3.8) is 0 Å². The number of carboxylic acids is 1. The molecule has 1 amide bonds. The van der Waals surface area contributed by atoms with Crippen molar-refractivity contribution in [3.8, 4) is 0 Å². The van der Waals surface area contributed by atoms with Gasteiger partial charge in [-0.2, -0.15) is 18.2 Å². The minimum Gasteiger partial charge on any atom is -0.481 e. The van der Waals surface area contributed by atoms with Crippen LogP contribution in [-0.4, -0.2) is 47.1 Å². The topological polar surface area (TPSA) is 91.2 Å². The number of aliphatic imine (C=N–C) groups is 1. The van der Waals surface area contributed by atoms with Crippen LogP contribution in [0.25, 0.3) is 0 Å². The van der Waals surface area contributed by atoms with Crippen LogP contribution in [-0.2, 0) is 15.7 Å². The number of amides is 1. The van der Waals surface area contributed by atoms with Crippen molar-refractivity contribution in [3.05, 3.63) is 65.2 Å². The number of ether oxygens (including phenoxy) is 1. The smallest absolute Gasteiger partial charge is 0.416 e. The third-order valence-corrected chi connectivity index (χ3v) is 7.84. The molecule has 1 aliphatic carbocycles. The van der Waals surface area contributed by atoms with Gasteiger partial charge < -0.3 is 20.1 Å². The number of hydrogen-bond acceptors (Lipinski definition) is 4. The van der Waals surface area contributed by atoms with Crippen molar-refractivity contribution in [1.29, 1.82) is 0 Å². The molecule has 4 rings (SSSR count). The van der Waals surface area contributed by atoms with Crippen molar-refractivity contribution in [2.75, 3.05) is 13.2 Å². The predicted octanol–water partition coefficient (Wildman–Crippen LogP) is 6.58. The first-order valence-electron chi connectivity index (χ1n) is 13.6. The monoisotopic (exact) mass is 559 g/mol. The highest BCUT2D eigenvalue weighted by Gasteiger charge is 2.41. The number of carbonyl (C=O) groups excluding carboxylic acids is 1. The summed E-state index contributed by atoms with van der Waals surface area (Å²) in [5.74, 6) is -0.736. The van der Waals surface area contributed by atoms with Crippen LogP contribution < -0.4 is 5.32 Å². The molecule has 10 heteroatoms. The van der Waals surface area contributed by atoms with Gasteiger partial charge in [0.15, 0.2) is 0 Å². The number of carbonyl (C=O) groups is 2. The number of hydrogen-bond donors (Lipinski definition) is 2. The molecule has 1 atom stereocenters. The zero-order chi connectivity index (χ0) is 29.1. The van der Waals surface area contributed by atoms with Crippen molar-refractivity contribution < 1.29 is 32.6 Å². The molecule has 1 saturated heterocycles. The van der Waals surface area contributed by atoms with Crippen LogP contribution in [0.1, 0.15) is 80.4 Å². The molecule has 1 saturated carbocycles. The third-order valence-electron chi connectivity index (χ3n) is 7.84. The van der Waals surface area contributed by atoms with Gasteiger partial charge in [-0.1, -0.05) is 32.9 Å². The van der Waals surface area contributed by atoms with Crippen molar-refractivity contribution in [2.24, 2.45) is 16.3 Å². The summed E-state index contributed by atoms with van der Waals surface area (Å²) in [6.07, 6.45) is -0.578. The summed E-state index contributed by atoms with van der Waals surface area (Å²) < 4.78 is 45.2. The minimum atomic E-state index is -4.42. The average molecular weight is 560 g/mol. The van der Waals surface area contributed by atoms with Gasteiger partial charge >= 0.3 is 12.1 Å². The lowest BCUT2D eigenvalue weighted by Crippen LogP contribution is -2.42. The Balaban J connectivity index is 1.56. The summed E-state index contributed by atoms with van der Waals surface area (Å²) in [4.78, 5) is 29.9. The van der Waals surface area contributed by atoms with E-state index < -0.39 is 17.7 Å². The Kier molecular flexibility index (Phi) is 8.75. The molecule has 2 aromatic carbocycles. The van der Waals surface area contributed by atoms with E-state index in [1.54, 1.807) is 12.1 Å². The van der Waals surface area contributed by atoms with Crippen LogP contribution in [0.2, 0.25) is 0 Å². The molecule has 7 nitrogen and oxygen atoms in total. The molecular formula is C30H36F3N3O4. The summed E-state index contributed by atoms with van der Waals surface area (Å²) in [6.45, 7) is 7.15. The van der Waals surface area contributed by atoms with E-state index in [0.29, 0.717) is 29.8 Å². The Bertz CT molecular complexity index is 1210. The van der Waals surface area contributed by atoms with Crippen LogP contribution in [0.3, 0.4) is 0 Å². The van der Waals surface area contributed by atoms with Gasteiger partial charge in [0, 0.05) is 18.2 Å². The maximum Gasteiger partial charge on any atom is 0.416 e. The summed E-state index contributed by atoms with van der Waals surface area (Å²) >= 11 is 0. The van der Waals surface area contributed by atoms with E-state index in [1.165, 1.54) is 12.1 Å². The number of benzene rings is 2. The van der Waals surface area contributed by atoms with E-state index in [1.807, 2.05) is 12.1 Å². The van der Waals surface area contributed by atoms with Crippen LogP contribution in [0.5, 0.6) is 0 Å². The van der Waals surface area contributed by atoms with Gasteiger partial charge in [-0.25, -0.2) is 0 Å². The number of aliphatic carboxylic acids is 1. The number of alkyl halides is 3. The van der Waals surface area contributed by atoms with Crippen LogP contribution >= 0.6 is 0 Å². The van der Waals surface area contributed by atoms with Crippen LogP contribution in [0, 0.1) is 11.3 Å². The molecule has 216 valence electrons. The lowest BCUT2D eigenvalue weighted by molar-refractivity contribution is -0.138. The van der Waals surface area contributed by atoms with E-state index in [-0.39, 0.29) is 36.4 Å². The Morgan fingerprint density at radius 2 is 1.62 bits per heavy atom. The van der Waals surface area contributed by atoms with Crippen LogP contribution in [0.4, 0.5) is 18.9 Å². The van der Waals surface area contributed by atoms with Gasteiger partial charge in [-0.05, 0) is 79.0 Å². The van der Waals surface area contributed by atoms with Crippen molar-refractivity contribution in [1.82, 2.24) is 10.2 Å². The summed E-state index contributed by atoms with van der Waals surface area (Å²) in [6, 6.07) is 12.2. The first-order valence-corrected chi connectivity index (χ1v) is 13.6. The minimum absolute atomic E-state index is 0.0428. The molecule has 0 radical (unpaired) electrons. The van der Waals surface area contributed by atoms with E-state index in [4.69, 9.17) is 9.84 Å². The second-order valence-corrected chi connectivity index (χ2v) is 11.6.